The molecule has 0 heterocycles. The van der Waals surface area contributed by atoms with Gasteiger partial charge < -0.3 is 0 Å². The molecule has 0 spiro atoms. The summed E-state index contributed by atoms with van der Waals surface area (Å²) in [5.41, 5.74) is 0.272. The Morgan fingerprint density at radius 1 is 0.467 bits per heavy atom. The minimum absolute atomic E-state index is 0.0787. The van der Waals surface area contributed by atoms with Crippen LogP contribution in [0, 0.1) is 0 Å². The Labute approximate surface area is 175 Å². The highest BCUT2D eigenvalue weighted by molar-refractivity contribution is 7.93. The maximum Gasteiger partial charge on any atom is 0.261 e. The van der Waals surface area contributed by atoms with Crippen LogP contribution in [0.1, 0.15) is 0 Å². The van der Waals surface area contributed by atoms with Crippen molar-refractivity contribution in [1.82, 2.24) is 0 Å². The fourth-order valence-electron chi connectivity index (χ4n) is 3.02. The van der Waals surface area contributed by atoms with E-state index < -0.39 is 20.0 Å². The van der Waals surface area contributed by atoms with Gasteiger partial charge in [-0.3, -0.25) is 9.44 Å². The van der Waals surface area contributed by atoms with Crippen molar-refractivity contribution in [3.05, 3.63) is 97.1 Å². The Bertz CT molecular complexity index is 1290. The molecule has 0 aliphatic heterocycles. The number of fused-ring (bicyclic) bond motifs is 1. The van der Waals surface area contributed by atoms with Crippen LogP contribution >= 0.6 is 0 Å². The van der Waals surface area contributed by atoms with Crippen molar-refractivity contribution < 1.29 is 16.8 Å². The second-order valence-electron chi connectivity index (χ2n) is 6.58. The lowest BCUT2D eigenvalue weighted by atomic mass is 10.1. The molecule has 4 aromatic carbocycles. The van der Waals surface area contributed by atoms with Gasteiger partial charge in [0, 0.05) is 0 Å². The third-order valence-corrected chi connectivity index (χ3v) is 7.24. The topological polar surface area (TPSA) is 92.3 Å². The molecule has 4 rings (SSSR count). The van der Waals surface area contributed by atoms with E-state index in [1.807, 2.05) is 24.3 Å². The summed E-state index contributed by atoms with van der Waals surface area (Å²) in [7, 11) is -7.82. The summed E-state index contributed by atoms with van der Waals surface area (Å²) < 4.78 is 56.4. The van der Waals surface area contributed by atoms with Crippen LogP contribution in [0.5, 0.6) is 0 Å². The minimum Gasteiger partial charge on any atom is -0.277 e. The van der Waals surface area contributed by atoms with Crippen molar-refractivity contribution in [2.45, 2.75) is 9.79 Å². The van der Waals surface area contributed by atoms with Crippen LogP contribution in [-0.4, -0.2) is 16.8 Å². The van der Waals surface area contributed by atoms with Crippen molar-refractivity contribution in [1.29, 1.82) is 0 Å². The summed E-state index contributed by atoms with van der Waals surface area (Å²) in [5.74, 6) is 0. The number of benzene rings is 4. The summed E-state index contributed by atoms with van der Waals surface area (Å²) >= 11 is 0. The third kappa shape index (κ3) is 4.14. The fourth-order valence-corrected chi connectivity index (χ4v) is 5.20. The largest absolute Gasteiger partial charge is 0.277 e. The van der Waals surface area contributed by atoms with E-state index in [4.69, 9.17) is 0 Å². The van der Waals surface area contributed by atoms with Gasteiger partial charge in [-0.15, -0.1) is 0 Å². The molecule has 0 aliphatic carbocycles. The van der Waals surface area contributed by atoms with Gasteiger partial charge >= 0.3 is 0 Å². The van der Waals surface area contributed by atoms with Crippen LogP contribution in [0.4, 0.5) is 11.4 Å². The maximum atomic E-state index is 12.8. The number of hydrogen-bond donors (Lipinski definition) is 2. The van der Waals surface area contributed by atoms with Crippen molar-refractivity contribution in [2.75, 3.05) is 9.44 Å². The van der Waals surface area contributed by atoms with Gasteiger partial charge in [-0.1, -0.05) is 60.7 Å². The van der Waals surface area contributed by atoms with Crippen LogP contribution in [0.25, 0.3) is 10.8 Å². The molecule has 2 N–H and O–H groups in total. The van der Waals surface area contributed by atoms with E-state index in [0.717, 1.165) is 10.8 Å². The molecule has 30 heavy (non-hydrogen) atoms. The van der Waals surface area contributed by atoms with Gasteiger partial charge in [0.05, 0.1) is 21.2 Å². The second-order valence-corrected chi connectivity index (χ2v) is 9.95. The first kappa shape index (κ1) is 19.9. The predicted octanol–water partition coefficient (Wildman–Crippen LogP) is 4.44. The van der Waals surface area contributed by atoms with E-state index in [2.05, 4.69) is 9.44 Å². The first-order chi connectivity index (χ1) is 14.4. The zero-order valence-corrected chi connectivity index (χ0v) is 17.3. The third-order valence-electron chi connectivity index (χ3n) is 4.48. The van der Waals surface area contributed by atoms with Crippen LogP contribution < -0.4 is 9.44 Å². The molecular formula is C22H18N2O4S2. The molecule has 0 bridgehead atoms. The highest BCUT2D eigenvalue weighted by Crippen LogP contribution is 2.32. The normalized spacial score (nSPS) is 11.9. The number of hydrogen-bond acceptors (Lipinski definition) is 4. The van der Waals surface area contributed by atoms with Gasteiger partial charge in [0.25, 0.3) is 20.0 Å². The lowest BCUT2D eigenvalue weighted by Gasteiger charge is -2.16. The highest BCUT2D eigenvalue weighted by atomic mass is 32.2. The van der Waals surface area contributed by atoms with E-state index in [0.29, 0.717) is 0 Å². The van der Waals surface area contributed by atoms with Crippen LogP contribution in [0.15, 0.2) is 107 Å². The molecule has 0 aromatic heterocycles. The van der Waals surface area contributed by atoms with Crippen LogP contribution in [0.3, 0.4) is 0 Å². The molecule has 0 atom stereocenters. The lowest BCUT2D eigenvalue weighted by molar-refractivity contribution is 0.599. The zero-order valence-electron chi connectivity index (χ0n) is 15.7. The lowest BCUT2D eigenvalue weighted by Crippen LogP contribution is -2.17. The van der Waals surface area contributed by atoms with Crippen molar-refractivity contribution >= 4 is 42.2 Å². The fraction of sp³-hybridized carbons (Fsp3) is 0. The highest BCUT2D eigenvalue weighted by Gasteiger charge is 2.20. The first-order valence-electron chi connectivity index (χ1n) is 9.04. The van der Waals surface area contributed by atoms with Gasteiger partial charge in [-0.2, -0.15) is 0 Å². The number of anilines is 2. The number of rotatable bonds is 6. The van der Waals surface area contributed by atoms with Crippen LogP contribution in [-0.2, 0) is 20.0 Å². The molecule has 0 unspecified atom stereocenters. The number of sulfonamides is 2. The standard InChI is InChI=1S/C22H18N2O4S2/c25-29(26,19-11-3-1-4-12-19)23-21-15-17-9-7-8-10-18(17)16-22(21)24-30(27,28)20-13-5-2-6-14-20/h1-16,23-24H. The molecule has 0 amide bonds. The van der Waals surface area contributed by atoms with Gasteiger partial charge in [-0.25, -0.2) is 16.8 Å². The second kappa shape index (κ2) is 7.81. The Morgan fingerprint density at radius 3 is 1.17 bits per heavy atom. The molecular weight excluding hydrogens is 420 g/mol. The molecule has 0 saturated carbocycles. The monoisotopic (exact) mass is 438 g/mol. The molecule has 0 aliphatic rings. The van der Waals surface area contributed by atoms with E-state index in [9.17, 15) is 16.8 Å². The summed E-state index contributed by atoms with van der Waals surface area (Å²) in [5, 5.41) is 1.54. The quantitative estimate of drug-likeness (QED) is 0.465. The van der Waals surface area contributed by atoms with Crippen LogP contribution in [0.2, 0.25) is 0 Å². The maximum absolute atomic E-state index is 12.8. The molecule has 8 heteroatoms. The average Bonchev–Trinajstić information content (AvgIpc) is 2.75. The molecule has 0 radical (unpaired) electrons. The Balaban J connectivity index is 1.81. The minimum atomic E-state index is -3.91. The first-order valence-corrected chi connectivity index (χ1v) is 12.0. The van der Waals surface area contributed by atoms with E-state index in [1.54, 1.807) is 48.5 Å². The average molecular weight is 439 g/mol. The molecule has 0 saturated heterocycles. The summed E-state index contributed by atoms with van der Waals surface area (Å²) in [6.45, 7) is 0. The number of nitrogens with one attached hydrogen (secondary N) is 2. The Morgan fingerprint density at radius 2 is 0.800 bits per heavy atom. The van der Waals surface area contributed by atoms with Crippen molar-refractivity contribution in [3.8, 4) is 0 Å². The smallest absolute Gasteiger partial charge is 0.261 e. The predicted molar refractivity (Wildman–Crippen MR) is 118 cm³/mol. The summed E-state index contributed by atoms with van der Waals surface area (Å²) in [6.07, 6.45) is 0. The van der Waals surface area contributed by atoms with Gasteiger partial charge in [0.1, 0.15) is 0 Å². The van der Waals surface area contributed by atoms with Gasteiger partial charge in [-0.05, 0) is 47.2 Å². The zero-order chi connectivity index (χ0) is 21.2. The van der Waals surface area contributed by atoms with Gasteiger partial charge in [0.2, 0.25) is 0 Å². The summed E-state index contributed by atoms with van der Waals surface area (Å²) in [4.78, 5) is 0.157. The molecule has 6 nitrogen and oxygen atoms in total. The summed E-state index contributed by atoms with van der Waals surface area (Å²) in [6, 6.07) is 26.3. The van der Waals surface area contributed by atoms with E-state index in [1.165, 1.54) is 24.3 Å². The van der Waals surface area contributed by atoms with E-state index >= 15 is 0 Å². The molecule has 0 fully saturated rings. The SMILES string of the molecule is O=S(=O)(Nc1cc2ccccc2cc1NS(=O)(=O)c1ccccc1)c1ccccc1. The van der Waals surface area contributed by atoms with Crippen molar-refractivity contribution in [3.63, 3.8) is 0 Å². The molecule has 4 aromatic rings. The molecule has 152 valence electrons. The Kier molecular flexibility index (Phi) is 5.19. The van der Waals surface area contributed by atoms with E-state index in [-0.39, 0.29) is 21.2 Å². The van der Waals surface area contributed by atoms with Gasteiger partial charge in [0.15, 0.2) is 0 Å². The van der Waals surface area contributed by atoms with Crippen molar-refractivity contribution in [2.24, 2.45) is 0 Å². The Hall–Kier alpha value is -3.36.